The molecule has 0 aliphatic heterocycles. The van der Waals surface area contributed by atoms with E-state index < -0.39 is 17.6 Å². The highest BCUT2D eigenvalue weighted by Crippen LogP contribution is 2.29. The number of methoxy groups -OCH3 is 1. The molecule has 0 aromatic heterocycles. The van der Waals surface area contributed by atoms with E-state index in [9.17, 15) is 18.8 Å². The number of carbonyl (C=O) groups is 3. The summed E-state index contributed by atoms with van der Waals surface area (Å²) in [5, 5.41) is 8.56. The predicted octanol–water partition coefficient (Wildman–Crippen LogP) is 7.28. The maximum absolute atomic E-state index is 14.5. The zero-order valence-corrected chi connectivity index (χ0v) is 24.4. The van der Waals surface area contributed by atoms with E-state index in [0.29, 0.717) is 32.6 Å². The van der Waals surface area contributed by atoms with Gasteiger partial charge in [0.05, 0.1) is 23.6 Å². The summed E-state index contributed by atoms with van der Waals surface area (Å²) < 4.78 is 19.8. The Morgan fingerprint density at radius 3 is 2.40 bits per heavy atom. The van der Waals surface area contributed by atoms with E-state index in [1.165, 1.54) is 43.1 Å². The van der Waals surface area contributed by atoms with Crippen molar-refractivity contribution in [2.24, 2.45) is 0 Å². The standard InChI is InChI=1S/C31H24Cl2FN3O4S/c1-41-28-14-13-20(32)15-26(28)36-29(38)18-42-22-10-5-9-21(16-22)35-31(40)27(17-23-24(33)11-6-12-25(23)34)37-30(39)19-7-3-2-4-8-19/h2-17H,18H2,1H3,(H,35,40)(H,36,38)(H,37,39)/b27-17+. The summed E-state index contributed by atoms with van der Waals surface area (Å²) in [4.78, 5) is 39.4. The summed E-state index contributed by atoms with van der Waals surface area (Å²) in [6.45, 7) is 0. The molecule has 4 aromatic carbocycles. The molecule has 0 unspecified atom stereocenters. The lowest BCUT2D eigenvalue weighted by Gasteiger charge is -2.13. The minimum Gasteiger partial charge on any atom is -0.495 e. The first kappa shape index (κ1) is 30.6. The molecular weight excluding hydrogens is 600 g/mol. The summed E-state index contributed by atoms with van der Waals surface area (Å²) in [7, 11) is 1.49. The van der Waals surface area contributed by atoms with E-state index in [1.54, 1.807) is 72.8 Å². The number of halogens is 3. The monoisotopic (exact) mass is 623 g/mol. The smallest absolute Gasteiger partial charge is 0.272 e. The molecule has 0 radical (unpaired) electrons. The molecule has 7 nitrogen and oxygen atoms in total. The molecule has 0 saturated carbocycles. The molecule has 4 aromatic rings. The number of anilines is 2. The summed E-state index contributed by atoms with van der Waals surface area (Å²) in [5.41, 5.74) is 0.876. The van der Waals surface area contributed by atoms with Crippen molar-refractivity contribution in [3.05, 3.63) is 124 Å². The van der Waals surface area contributed by atoms with Crippen LogP contribution in [0, 0.1) is 5.82 Å². The molecule has 214 valence electrons. The molecule has 42 heavy (non-hydrogen) atoms. The van der Waals surface area contributed by atoms with Gasteiger partial charge in [0.25, 0.3) is 11.8 Å². The highest BCUT2D eigenvalue weighted by molar-refractivity contribution is 8.00. The summed E-state index contributed by atoms with van der Waals surface area (Å²) >= 11 is 13.4. The van der Waals surface area contributed by atoms with Gasteiger partial charge < -0.3 is 20.7 Å². The topological polar surface area (TPSA) is 96.5 Å². The van der Waals surface area contributed by atoms with Crippen molar-refractivity contribution in [2.75, 3.05) is 23.5 Å². The summed E-state index contributed by atoms with van der Waals surface area (Å²) in [5.74, 6) is -1.67. The van der Waals surface area contributed by atoms with Gasteiger partial charge in [-0.2, -0.15) is 0 Å². The Labute approximate surface area is 256 Å². The number of amides is 3. The van der Waals surface area contributed by atoms with E-state index in [-0.39, 0.29) is 27.9 Å². The van der Waals surface area contributed by atoms with Gasteiger partial charge in [-0.05, 0) is 66.7 Å². The Bertz CT molecular complexity index is 1630. The molecule has 0 aliphatic rings. The molecule has 4 rings (SSSR count). The fraction of sp³-hybridized carbons (Fsp3) is 0.0645. The second-order valence-corrected chi connectivity index (χ2v) is 10.6. The van der Waals surface area contributed by atoms with Gasteiger partial charge >= 0.3 is 0 Å². The van der Waals surface area contributed by atoms with Crippen LogP contribution in [-0.2, 0) is 9.59 Å². The molecule has 0 bridgehead atoms. The van der Waals surface area contributed by atoms with Gasteiger partial charge in [-0.1, -0.05) is 53.5 Å². The van der Waals surface area contributed by atoms with Crippen molar-refractivity contribution in [1.29, 1.82) is 0 Å². The van der Waals surface area contributed by atoms with Crippen LogP contribution >= 0.6 is 35.0 Å². The average molecular weight is 625 g/mol. The SMILES string of the molecule is COc1ccc(Cl)cc1NC(=O)CSc1cccc(NC(=O)/C(=C\c2c(F)cccc2Cl)NC(=O)c2ccccc2)c1. The Balaban J connectivity index is 1.48. The first-order chi connectivity index (χ1) is 20.2. The van der Waals surface area contributed by atoms with Crippen molar-refractivity contribution in [3.8, 4) is 5.75 Å². The lowest BCUT2D eigenvalue weighted by Crippen LogP contribution is -2.30. The Kier molecular flexibility index (Phi) is 10.6. The Morgan fingerprint density at radius 2 is 1.67 bits per heavy atom. The van der Waals surface area contributed by atoms with Gasteiger partial charge in [-0.15, -0.1) is 11.8 Å². The predicted molar refractivity (Wildman–Crippen MR) is 166 cm³/mol. The van der Waals surface area contributed by atoms with Crippen LogP contribution in [0.25, 0.3) is 6.08 Å². The van der Waals surface area contributed by atoms with Gasteiger partial charge in [0, 0.05) is 26.7 Å². The maximum Gasteiger partial charge on any atom is 0.272 e. The van der Waals surface area contributed by atoms with E-state index in [1.807, 2.05) is 0 Å². The number of thioether (sulfide) groups is 1. The van der Waals surface area contributed by atoms with Crippen molar-refractivity contribution >= 4 is 70.1 Å². The zero-order valence-electron chi connectivity index (χ0n) is 22.1. The van der Waals surface area contributed by atoms with Crippen LogP contribution in [-0.4, -0.2) is 30.6 Å². The number of hydrogen-bond donors (Lipinski definition) is 3. The third-order valence-corrected chi connectivity index (χ3v) is 7.27. The number of benzene rings is 4. The van der Waals surface area contributed by atoms with Crippen molar-refractivity contribution < 1.29 is 23.5 Å². The van der Waals surface area contributed by atoms with Gasteiger partial charge in [0.15, 0.2) is 0 Å². The summed E-state index contributed by atoms with van der Waals surface area (Å²) in [6.07, 6.45) is 1.18. The highest BCUT2D eigenvalue weighted by atomic mass is 35.5. The number of hydrogen-bond acceptors (Lipinski definition) is 5. The molecular formula is C31H24Cl2FN3O4S. The van der Waals surface area contributed by atoms with Crippen molar-refractivity contribution in [3.63, 3.8) is 0 Å². The van der Waals surface area contributed by atoms with Gasteiger partial charge in [-0.25, -0.2) is 4.39 Å². The van der Waals surface area contributed by atoms with E-state index >= 15 is 0 Å². The number of carbonyl (C=O) groups excluding carboxylic acids is 3. The van der Waals surface area contributed by atoms with Crippen LogP contribution in [0.5, 0.6) is 5.75 Å². The van der Waals surface area contributed by atoms with E-state index in [2.05, 4.69) is 16.0 Å². The molecule has 11 heteroatoms. The van der Waals surface area contributed by atoms with Crippen LogP contribution in [0.1, 0.15) is 15.9 Å². The number of ether oxygens (including phenoxy) is 1. The van der Waals surface area contributed by atoms with Crippen molar-refractivity contribution in [1.82, 2.24) is 5.32 Å². The average Bonchev–Trinajstić information content (AvgIpc) is 2.98. The van der Waals surface area contributed by atoms with Crippen LogP contribution in [0.15, 0.2) is 102 Å². The van der Waals surface area contributed by atoms with Crippen LogP contribution in [0.2, 0.25) is 10.0 Å². The molecule has 0 aliphatic carbocycles. The van der Waals surface area contributed by atoms with E-state index in [4.69, 9.17) is 27.9 Å². The normalized spacial score (nSPS) is 11.0. The zero-order chi connectivity index (χ0) is 30.1. The van der Waals surface area contributed by atoms with Gasteiger partial charge in [0.2, 0.25) is 5.91 Å². The molecule has 3 N–H and O–H groups in total. The van der Waals surface area contributed by atoms with Crippen LogP contribution in [0.4, 0.5) is 15.8 Å². The third kappa shape index (κ3) is 8.36. The Hall–Kier alpha value is -4.31. The quantitative estimate of drug-likeness (QED) is 0.127. The number of nitrogens with one attached hydrogen (secondary N) is 3. The molecule has 3 amide bonds. The minimum atomic E-state index is -0.702. The second kappa shape index (κ2) is 14.5. The molecule has 0 heterocycles. The third-order valence-electron chi connectivity index (χ3n) is 5.71. The number of rotatable bonds is 10. The first-order valence-corrected chi connectivity index (χ1v) is 14.2. The van der Waals surface area contributed by atoms with E-state index in [0.717, 1.165) is 0 Å². The Morgan fingerprint density at radius 1 is 0.905 bits per heavy atom. The first-order valence-electron chi connectivity index (χ1n) is 12.4. The molecule has 0 atom stereocenters. The fourth-order valence-electron chi connectivity index (χ4n) is 3.71. The highest BCUT2D eigenvalue weighted by Gasteiger charge is 2.17. The molecule has 0 saturated heterocycles. The summed E-state index contributed by atoms with van der Waals surface area (Å²) in [6, 6.07) is 24.1. The fourth-order valence-corrected chi connectivity index (χ4v) is 4.86. The van der Waals surface area contributed by atoms with Crippen LogP contribution in [0.3, 0.4) is 0 Å². The second-order valence-electron chi connectivity index (χ2n) is 8.68. The maximum atomic E-state index is 14.5. The largest absolute Gasteiger partial charge is 0.495 e. The lowest BCUT2D eigenvalue weighted by atomic mass is 10.1. The van der Waals surface area contributed by atoms with Crippen LogP contribution < -0.4 is 20.7 Å². The lowest BCUT2D eigenvalue weighted by molar-refractivity contribution is -0.114. The minimum absolute atomic E-state index is 0.0515. The van der Waals surface area contributed by atoms with Gasteiger partial charge in [0.1, 0.15) is 17.3 Å². The van der Waals surface area contributed by atoms with Gasteiger partial charge in [-0.3, -0.25) is 14.4 Å². The molecule has 0 fully saturated rings. The van der Waals surface area contributed by atoms with Crippen molar-refractivity contribution in [2.45, 2.75) is 4.90 Å². The molecule has 0 spiro atoms.